The highest BCUT2D eigenvalue weighted by molar-refractivity contribution is 5.75. The van der Waals surface area contributed by atoms with E-state index >= 15 is 0 Å². The third-order valence-electron chi connectivity index (χ3n) is 3.27. The van der Waals surface area contributed by atoms with Gasteiger partial charge in [0.05, 0.1) is 7.11 Å². The third kappa shape index (κ3) is 3.89. The number of methoxy groups -OCH3 is 3. The van der Waals surface area contributed by atoms with E-state index in [-0.39, 0.29) is 0 Å². The van der Waals surface area contributed by atoms with E-state index in [0.29, 0.717) is 6.61 Å². The molecule has 0 amide bonds. The third-order valence-corrected chi connectivity index (χ3v) is 3.27. The van der Waals surface area contributed by atoms with Gasteiger partial charge >= 0.3 is 5.97 Å². The van der Waals surface area contributed by atoms with Gasteiger partial charge in [-0.05, 0) is 6.42 Å². The maximum absolute atomic E-state index is 11.7. The first-order chi connectivity index (χ1) is 9.60. The summed E-state index contributed by atoms with van der Waals surface area (Å²) in [5.74, 6) is -0.668. The van der Waals surface area contributed by atoms with Crippen molar-refractivity contribution in [1.29, 1.82) is 0 Å². The Balaban J connectivity index is 2.84. The zero-order valence-corrected chi connectivity index (χ0v) is 12.4. The Hall–Kier alpha value is -0.730. The van der Waals surface area contributed by atoms with E-state index in [4.69, 9.17) is 18.9 Å². The van der Waals surface area contributed by atoms with E-state index in [1.54, 1.807) is 0 Å². The molecule has 0 spiro atoms. The van der Waals surface area contributed by atoms with Gasteiger partial charge in [-0.1, -0.05) is 13.3 Å². The fraction of sp³-hybridized carbons (Fsp3) is 0.923. The molecule has 1 heterocycles. The Kier molecular flexibility index (Phi) is 7.39. The number of unbranched alkanes of at least 4 members (excludes halogenated alkanes) is 1. The topological polar surface area (TPSA) is 83.5 Å². The molecular weight excluding hydrogens is 268 g/mol. The molecule has 118 valence electrons. The molecule has 1 aliphatic rings. The van der Waals surface area contributed by atoms with Crippen LogP contribution in [0.25, 0.3) is 0 Å². The Bertz CT molecular complexity index is 296. The van der Waals surface area contributed by atoms with Gasteiger partial charge in [0.15, 0.2) is 12.4 Å². The molecule has 0 aromatic rings. The monoisotopic (exact) mass is 292 g/mol. The van der Waals surface area contributed by atoms with Crippen LogP contribution < -0.4 is 0 Å². The normalized spacial score (nSPS) is 34.0. The second-order valence-electron chi connectivity index (χ2n) is 4.56. The van der Waals surface area contributed by atoms with Crippen LogP contribution in [0, 0.1) is 0 Å². The molecule has 1 N–H and O–H groups in total. The summed E-state index contributed by atoms with van der Waals surface area (Å²) in [6, 6.07) is 0. The van der Waals surface area contributed by atoms with E-state index in [1.165, 1.54) is 21.3 Å². The molecule has 0 aromatic heterocycles. The van der Waals surface area contributed by atoms with Gasteiger partial charge in [-0.3, -0.25) is 0 Å². The van der Waals surface area contributed by atoms with Gasteiger partial charge in [0.2, 0.25) is 0 Å². The second-order valence-corrected chi connectivity index (χ2v) is 4.56. The first-order valence-electron chi connectivity index (χ1n) is 6.69. The fourth-order valence-electron chi connectivity index (χ4n) is 2.13. The van der Waals surface area contributed by atoms with Gasteiger partial charge in [-0.15, -0.1) is 0 Å². The Morgan fingerprint density at radius 2 is 1.90 bits per heavy atom. The van der Waals surface area contributed by atoms with Gasteiger partial charge in [-0.25, -0.2) is 4.79 Å². The highest BCUT2D eigenvalue weighted by Crippen LogP contribution is 2.26. The lowest BCUT2D eigenvalue weighted by molar-refractivity contribution is -0.299. The number of hydrogen-bond donors (Lipinski definition) is 1. The quantitative estimate of drug-likeness (QED) is 0.526. The van der Waals surface area contributed by atoms with Gasteiger partial charge < -0.3 is 28.8 Å². The molecule has 0 bridgehead atoms. The summed E-state index contributed by atoms with van der Waals surface area (Å²) < 4.78 is 26.1. The highest BCUT2D eigenvalue weighted by atomic mass is 16.7. The number of hydrogen-bond acceptors (Lipinski definition) is 7. The van der Waals surface area contributed by atoms with Crippen LogP contribution in [0.2, 0.25) is 0 Å². The minimum Gasteiger partial charge on any atom is -0.467 e. The average Bonchev–Trinajstić information content (AvgIpc) is 2.47. The Morgan fingerprint density at radius 3 is 2.40 bits per heavy atom. The van der Waals surface area contributed by atoms with Crippen LogP contribution in [0.5, 0.6) is 0 Å². The number of aliphatic hydroxyl groups is 1. The zero-order chi connectivity index (χ0) is 15.1. The minimum atomic E-state index is -1.17. The second kappa shape index (κ2) is 8.53. The van der Waals surface area contributed by atoms with Crippen molar-refractivity contribution in [2.24, 2.45) is 0 Å². The summed E-state index contributed by atoms with van der Waals surface area (Å²) in [5, 5.41) is 10.3. The zero-order valence-electron chi connectivity index (χ0n) is 12.4. The SMILES string of the molecule is CCCCOC1[C@H](O)C(C(=O)OC)O[C@@H](OC)[C@H]1OC. The van der Waals surface area contributed by atoms with Crippen molar-refractivity contribution in [3.05, 3.63) is 0 Å². The molecule has 20 heavy (non-hydrogen) atoms. The number of carbonyl (C=O) groups excluding carboxylic acids is 1. The standard InChI is InChI=1S/C13H24O7/c1-5-6-7-19-9-8(14)10(12(15)17-3)20-13(18-4)11(9)16-2/h8-11,13-14H,5-7H2,1-4H3/t8-,9?,10?,11-,13+/m0/s1. The molecule has 0 aliphatic carbocycles. The van der Waals surface area contributed by atoms with Gasteiger partial charge in [0.1, 0.15) is 18.3 Å². The van der Waals surface area contributed by atoms with Crippen LogP contribution in [0.4, 0.5) is 0 Å². The van der Waals surface area contributed by atoms with Crippen molar-refractivity contribution < 1.29 is 33.6 Å². The van der Waals surface area contributed by atoms with Crippen LogP contribution in [-0.2, 0) is 28.5 Å². The predicted molar refractivity (Wildman–Crippen MR) is 69.1 cm³/mol. The first kappa shape index (κ1) is 17.3. The molecule has 5 atom stereocenters. The van der Waals surface area contributed by atoms with Crippen molar-refractivity contribution in [2.45, 2.75) is 50.5 Å². The molecule has 2 unspecified atom stereocenters. The van der Waals surface area contributed by atoms with Crippen LogP contribution in [0.3, 0.4) is 0 Å². The molecular formula is C13H24O7. The number of ether oxygens (including phenoxy) is 5. The van der Waals surface area contributed by atoms with Gasteiger partial charge in [0.25, 0.3) is 0 Å². The molecule has 0 radical (unpaired) electrons. The van der Waals surface area contributed by atoms with Crippen LogP contribution in [0.1, 0.15) is 19.8 Å². The van der Waals surface area contributed by atoms with E-state index < -0.39 is 36.7 Å². The summed E-state index contributed by atoms with van der Waals surface area (Å²) in [4.78, 5) is 11.7. The van der Waals surface area contributed by atoms with Crippen molar-refractivity contribution in [3.8, 4) is 0 Å². The van der Waals surface area contributed by atoms with Crippen molar-refractivity contribution in [2.75, 3.05) is 27.9 Å². The lowest BCUT2D eigenvalue weighted by Gasteiger charge is -2.42. The smallest absolute Gasteiger partial charge is 0.337 e. The summed E-state index contributed by atoms with van der Waals surface area (Å²) in [7, 11) is 4.14. The van der Waals surface area contributed by atoms with Gasteiger partial charge in [-0.2, -0.15) is 0 Å². The Morgan fingerprint density at radius 1 is 1.20 bits per heavy atom. The molecule has 0 saturated carbocycles. The lowest BCUT2D eigenvalue weighted by Crippen LogP contribution is -2.61. The first-order valence-corrected chi connectivity index (χ1v) is 6.69. The summed E-state index contributed by atoms with van der Waals surface area (Å²) >= 11 is 0. The molecule has 1 aliphatic heterocycles. The van der Waals surface area contributed by atoms with Crippen LogP contribution >= 0.6 is 0 Å². The molecule has 1 rings (SSSR count). The number of rotatable bonds is 7. The Labute approximate surface area is 119 Å². The minimum absolute atomic E-state index is 0.461. The molecule has 7 nitrogen and oxygen atoms in total. The van der Waals surface area contributed by atoms with Crippen molar-refractivity contribution in [1.82, 2.24) is 0 Å². The predicted octanol–water partition coefficient (Wildman–Crippen LogP) is 0.0919. The lowest BCUT2D eigenvalue weighted by atomic mass is 9.98. The van der Waals surface area contributed by atoms with E-state index in [9.17, 15) is 9.90 Å². The largest absolute Gasteiger partial charge is 0.467 e. The summed E-state index contributed by atoms with van der Waals surface area (Å²) in [5.41, 5.74) is 0. The molecule has 1 fully saturated rings. The maximum Gasteiger partial charge on any atom is 0.337 e. The van der Waals surface area contributed by atoms with E-state index in [0.717, 1.165) is 12.8 Å². The van der Waals surface area contributed by atoms with E-state index in [2.05, 4.69) is 4.74 Å². The van der Waals surface area contributed by atoms with Crippen molar-refractivity contribution in [3.63, 3.8) is 0 Å². The molecule has 0 aromatic carbocycles. The average molecular weight is 292 g/mol. The van der Waals surface area contributed by atoms with Crippen LogP contribution in [-0.4, -0.2) is 69.7 Å². The van der Waals surface area contributed by atoms with Gasteiger partial charge in [0, 0.05) is 20.8 Å². The number of esters is 1. The molecule has 7 heteroatoms. The summed E-state index contributed by atoms with van der Waals surface area (Å²) in [6.45, 7) is 2.50. The van der Waals surface area contributed by atoms with Crippen LogP contribution in [0.15, 0.2) is 0 Å². The van der Waals surface area contributed by atoms with E-state index in [1.807, 2.05) is 6.92 Å². The highest BCUT2D eigenvalue weighted by Gasteiger charge is 2.49. The number of aliphatic hydroxyl groups excluding tert-OH is 1. The fourth-order valence-corrected chi connectivity index (χ4v) is 2.13. The summed E-state index contributed by atoms with van der Waals surface area (Å²) in [6.07, 6.45) is -2.65. The maximum atomic E-state index is 11.7. The molecule has 1 saturated heterocycles. The number of carbonyl (C=O) groups is 1. The van der Waals surface area contributed by atoms with Crippen molar-refractivity contribution >= 4 is 5.97 Å².